The van der Waals surface area contributed by atoms with Gasteiger partial charge in [-0.05, 0) is 31.0 Å². The van der Waals surface area contributed by atoms with Gasteiger partial charge in [-0.25, -0.2) is 0 Å². The molecule has 1 heterocycles. The van der Waals surface area contributed by atoms with E-state index in [1.54, 1.807) is 0 Å². The third-order valence-electron chi connectivity index (χ3n) is 3.11. The van der Waals surface area contributed by atoms with E-state index in [9.17, 15) is 0 Å². The molecule has 1 aliphatic heterocycles. The molecule has 0 aliphatic carbocycles. The maximum atomic E-state index is 5.90. The molecule has 3 heteroatoms. The molecule has 1 aromatic rings. The van der Waals surface area contributed by atoms with Crippen LogP contribution in [0.5, 0.6) is 0 Å². The first-order valence-corrected chi connectivity index (χ1v) is 6.31. The largest absolute Gasteiger partial charge is 0.359 e. The van der Waals surface area contributed by atoms with Crippen LogP contribution in [0, 0.1) is 6.92 Å². The summed E-state index contributed by atoms with van der Waals surface area (Å²) in [4.78, 5) is 4.60. The molecule has 2 rings (SSSR count). The second-order valence-corrected chi connectivity index (χ2v) is 4.78. The van der Waals surface area contributed by atoms with E-state index in [1.807, 2.05) is 12.1 Å². The van der Waals surface area contributed by atoms with E-state index in [-0.39, 0.29) is 0 Å². The highest BCUT2D eigenvalue weighted by Gasteiger charge is 2.18. The second kappa shape index (κ2) is 5.46. The van der Waals surface area contributed by atoms with Crippen molar-refractivity contribution in [3.8, 4) is 0 Å². The number of benzene rings is 1. The summed E-state index contributed by atoms with van der Waals surface area (Å²) in [5.74, 6) is 0. The molecule has 0 amide bonds. The Hall–Kier alpha value is -1.15. The molecule has 0 saturated heterocycles. The average Bonchev–Trinajstić information content (AvgIpc) is 2.78. The number of halogens is 1. The maximum absolute atomic E-state index is 5.90. The average molecular weight is 250 g/mol. The summed E-state index contributed by atoms with van der Waals surface area (Å²) < 4.78 is 0. The van der Waals surface area contributed by atoms with Gasteiger partial charge in [0.05, 0.1) is 12.7 Å². The number of nitrogens with zero attached hydrogens (tertiary/aromatic N) is 2. The Morgan fingerprint density at radius 2 is 2.00 bits per heavy atom. The summed E-state index contributed by atoms with van der Waals surface area (Å²) in [5.41, 5.74) is 1.29. The van der Waals surface area contributed by atoms with Gasteiger partial charge in [0, 0.05) is 24.0 Å². The molecule has 0 N–H and O–H groups in total. The molecule has 1 radical (unpaired) electrons. The normalized spacial score (nSPS) is 16.6. The van der Waals surface area contributed by atoms with Crippen LogP contribution in [0.1, 0.15) is 24.9 Å². The highest BCUT2D eigenvalue weighted by Crippen LogP contribution is 2.24. The van der Waals surface area contributed by atoms with Crippen LogP contribution in [0.4, 0.5) is 0 Å². The summed E-state index contributed by atoms with van der Waals surface area (Å²) in [7, 11) is 0. The molecule has 0 bridgehead atoms. The molecule has 1 aliphatic rings. The predicted molar refractivity (Wildman–Crippen MR) is 72.4 cm³/mol. The first-order valence-electron chi connectivity index (χ1n) is 5.93. The van der Waals surface area contributed by atoms with E-state index < -0.39 is 0 Å². The van der Waals surface area contributed by atoms with Crippen molar-refractivity contribution in [2.75, 3.05) is 13.2 Å². The van der Waals surface area contributed by atoms with E-state index in [1.165, 1.54) is 5.56 Å². The Kier molecular flexibility index (Phi) is 3.95. The monoisotopic (exact) mass is 249 g/mol. The summed E-state index contributed by atoms with van der Waals surface area (Å²) in [5, 5.41) is 0.789. The lowest BCUT2D eigenvalue weighted by Crippen LogP contribution is -2.27. The molecule has 1 aromatic carbocycles. The van der Waals surface area contributed by atoms with Crippen molar-refractivity contribution in [2.24, 2.45) is 0 Å². The molecule has 0 fully saturated rings. The van der Waals surface area contributed by atoms with Crippen molar-refractivity contribution in [3.63, 3.8) is 0 Å². The zero-order chi connectivity index (χ0) is 12.3. The Morgan fingerprint density at radius 1 is 1.29 bits per heavy atom. The number of hydrogen-bond acceptors (Lipinski definition) is 2. The molecular formula is C14H18ClN2. The molecule has 0 saturated carbocycles. The Balaban J connectivity index is 2.00. The van der Waals surface area contributed by atoms with E-state index >= 15 is 0 Å². The quantitative estimate of drug-likeness (QED) is 0.803. The van der Waals surface area contributed by atoms with Crippen LogP contribution in [0.3, 0.4) is 0 Å². The molecule has 91 valence electrons. The smallest absolute Gasteiger partial charge is 0.0899 e. The first-order chi connectivity index (χ1) is 8.20. The molecule has 2 nitrogen and oxygen atoms in total. The first kappa shape index (κ1) is 12.3. The third-order valence-corrected chi connectivity index (χ3v) is 3.36. The SMILES string of the molecule is [CH2]CCN1C=CN(C(C)c2ccc(Cl)cc2)C1. The predicted octanol–water partition coefficient (Wildman–Crippen LogP) is 3.67. The molecule has 0 spiro atoms. The van der Waals surface area contributed by atoms with Gasteiger partial charge in [0.1, 0.15) is 0 Å². The fourth-order valence-corrected chi connectivity index (χ4v) is 2.14. The Morgan fingerprint density at radius 3 is 2.65 bits per heavy atom. The Labute approximate surface area is 108 Å². The van der Waals surface area contributed by atoms with Gasteiger partial charge in [-0.15, -0.1) is 0 Å². The van der Waals surface area contributed by atoms with Crippen LogP contribution in [0.25, 0.3) is 0 Å². The van der Waals surface area contributed by atoms with Crippen LogP contribution in [0.2, 0.25) is 5.02 Å². The van der Waals surface area contributed by atoms with Crippen molar-refractivity contribution in [1.29, 1.82) is 0 Å². The summed E-state index contributed by atoms with van der Waals surface area (Å²) >= 11 is 5.90. The van der Waals surface area contributed by atoms with E-state index in [0.29, 0.717) is 6.04 Å². The van der Waals surface area contributed by atoms with Gasteiger partial charge in [-0.3, -0.25) is 0 Å². The highest BCUT2D eigenvalue weighted by molar-refractivity contribution is 6.30. The lowest BCUT2D eigenvalue weighted by molar-refractivity contribution is 0.224. The van der Waals surface area contributed by atoms with Crippen LogP contribution < -0.4 is 0 Å². The van der Waals surface area contributed by atoms with E-state index in [0.717, 1.165) is 24.7 Å². The van der Waals surface area contributed by atoms with Crippen molar-refractivity contribution in [1.82, 2.24) is 9.80 Å². The molecule has 1 atom stereocenters. The van der Waals surface area contributed by atoms with Gasteiger partial charge in [-0.1, -0.05) is 30.7 Å². The summed E-state index contributed by atoms with van der Waals surface area (Å²) in [6.07, 6.45) is 5.22. The zero-order valence-corrected chi connectivity index (χ0v) is 10.9. The minimum absolute atomic E-state index is 0.373. The van der Waals surface area contributed by atoms with Crippen molar-refractivity contribution in [2.45, 2.75) is 19.4 Å². The van der Waals surface area contributed by atoms with Gasteiger partial charge in [0.2, 0.25) is 0 Å². The minimum atomic E-state index is 0.373. The van der Waals surface area contributed by atoms with Gasteiger partial charge in [0.25, 0.3) is 0 Å². The van der Waals surface area contributed by atoms with Crippen molar-refractivity contribution in [3.05, 3.63) is 54.2 Å². The van der Waals surface area contributed by atoms with Crippen molar-refractivity contribution < 1.29 is 0 Å². The van der Waals surface area contributed by atoms with Crippen LogP contribution >= 0.6 is 11.6 Å². The van der Waals surface area contributed by atoms with Gasteiger partial charge < -0.3 is 9.80 Å². The topological polar surface area (TPSA) is 6.48 Å². The van der Waals surface area contributed by atoms with E-state index in [2.05, 4.69) is 48.2 Å². The zero-order valence-electron chi connectivity index (χ0n) is 10.1. The fraction of sp³-hybridized carbons (Fsp3) is 0.357. The lowest BCUT2D eigenvalue weighted by Gasteiger charge is -2.27. The highest BCUT2D eigenvalue weighted by atomic mass is 35.5. The van der Waals surface area contributed by atoms with Gasteiger partial charge in [-0.2, -0.15) is 0 Å². The van der Waals surface area contributed by atoms with E-state index in [4.69, 9.17) is 11.6 Å². The lowest BCUT2D eigenvalue weighted by atomic mass is 10.1. The fourth-order valence-electron chi connectivity index (χ4n) is 2.02. The number of hydrogen-bond donors (Lipinski definition) is 0. The molecule has 0 aromatic heterocycles. The molecule has 17 heavy (non-hydrogen) atoms. The van der Waals surface area contributed by atoms with Gasteiger partial charge in [0.15, 0.2) is 0 Å². The minimum Gasteiger partial charge on any atom is -0.359 e. The van der Waals surface area contributed by atoms with Crippen LogP contribution in [0.15, 0.2) is 36.7 Å². The van der Waals surface area contributed by atoms with Crippen molar-refractivity contribution >= 4 is 11.6 Å². The van der Waals surface area contributed by atoms with Crippen LogP contribution in [-0.4, -0.2) is 23.0 Å². The van der Waals surface area contributed by atoms with Crippen LogP contribution in [-0.2, 0) is 0 Å². The van der Waals surface area contributed by atoms with Gasteiger partial charge >= 0.3 is 0 Å². The summed E-state index contributed by atoms with van der Waals surface area (Å²) in [6, 6.07) is 8.44. The standard InChI is InChI=1S/C14H18ClN2/c1-3-8-16-9-10-17(11-16)12(2)13-4-6-14(15)7-5-13/h4-7,9-10,12H,1,3,8,11H2,2H3. The second-order valence-electron chi connectivity index (χ2n) is 4.35. The Bertz CT molecular complexity index is 386. The molecule has 1 unspecified atom stereocenters. The molecular weight excluding hydrogens is 232 g/mol. The number of rotatable bonds is 4. The maximum Gasteiger partial charge on any atom is 0.0899 e. The third kappa shape index (κ3) is 2.95. The summed E-state index contributed by atoms with van der Waals surface area (Å²) in [6.45, 7) is 8.05.